The topological polar surface area (TPSA) is 138 Å². The van der Waals surface area contributed by atoms with Gasteiger partial charge in [-0.25, -0.2) is 9.59 Å². The van der Waals surface area contributed by atoms with Crippen LogP contribution < -0.4 is 0 Å². The van der Waals surface area contributed by atoms with Gasteiger partial charge in [0, 0.05) is 0 Å². The summed E-state index contributed by atoms with van der Waals surface area (Å²) in [6, 6.07) is 0. The maximum absolute atomic E-state index is 12.5. The summed E-state index contributed by atoms with van der Waals surface area (Å²) in [5, 5.41) is 9.07. The minimum Gasteiger partial charge on any atom is -0.462 e. The summed E-state index contributed by atoms with van der Waals surface area (Å²) in [6.07, 6.45) is -1.90. The Bertz CT molecular complexity index is 653. The molecule has 10 nitrogen and oxygen atoms in total. The van der Waals surface area contributed by atoms with Gasteiger partial charge in [0.1, 0.15) is 32.0 Å². The van der Waals surface area contributed by atoms with Crippen molar-refractivity contribution in [1.29, 1.82) is 0 Å². The zero-order chi connectivity index (χ0) is 23.8. The van der Waals surface area contributed by atoms with Gasteiger partial charge >= 0.3 is 23.9 Å². The SMILES string of the molecule is CCC(C)(CC(C)(C)C(=O)OCCOC(=O)C(C)OC(=O)C(C)O)C(=O)OCC1CO1. The van der Waals surface area contributed by atoms with Crippen molar-refractivity contribution in [2.24, 2.45) is 10.8 Å². The van der Waals surface area contributed by atoms with Crippen LogP contribution in [0.1, 0.15) is 54.4 Å². The van der Waals surface area contributed by atoms with Gasteiger partial charge in [-0.2, -0.15) is 0 Å². The lowest BCUT2D eigenvalue weighted by Gasteiger charge is -2.33. The highest BCUT2D eigenvalue weighted by Crippen LogP contribution is 2.38. The molecule has 0 aromatic rings. The highest BCUT2D eigenvalue weighted by atomic mass is 16.6. The first-order valence-electron chi connectivity index (χ1n) is 10.3. The number of ether oxygens (including phenoxy) is 5. The van der Waals surface area contributed by atoms with Crippen LogP contribution in [-0.2, 0) is 42.9 Å². The molecule has 31 heavy (non-hydrogen) atoms. The van der Waals surface area contributed by atoms with Crippen molar-refractivity contribution in [1.82, 2.24) is 0 Å². The van der Waals surface area contributed by atoms with Gasteiger partial charge in [0.2, 0.25) is 0 Å². The number of hydrogen-bond acceptors (Lipinski definition) is 10. The van der Waals surface area contributed by atoms with Crippen LogP contribution in [0.3, 0.4) is 0 Å². The third-order valence-electron chi connectivity index (χ3n) is 4.99. The Morgan fingerprint density at radius 2 is 1.58 bits per heavy atom. The molecule has 4 atom stereocenters. The molecule has 1 saturated heterocycles. The van der Waals surface area contributed by atoms with Crippen LogP contribution in [0, 0.1) is 10.8 Å². The van der Waals surface area contributed by atoms with E-state index in [2.05, 4.69) is 0 Å². The zero-order valence-electron chi connectivity index (χ0n) is 19.1. The second kappa shape index (κ2) is 11.4. The second-order valence-corrected chi connectivity index (χ2v) is 8.59. The van der Waals surface area contributed by atoms with Crippen molar-refractivity contribution in [3.8, 4) is 0 Å². The average molecular weight is 446 g/mol. The monoisotopic (exact) mass is 446 g/mol. The lowest BCUT2D eigenvalue weighted by molar-refractivity contribution is -0.173. The lowest BCUT2D eigenvalue weighted by atomic mass is 9.72. The fraction of sp³-hybridized carbons (Fsp3) is 0.810. The smallest absolute Gasteiger partial charge is 0.347 e. The minimum absolute atomic E-state index is 0.0379. The molecular weight excluding hydrogens is 412 g/mol. The van der Waals surface area contributed by atoms with Crippen molar-refractivity contribution in [2.75, 3.05) is 26.4 Å². The summed E-state index contributed by atoms with van der Waals surface area (Å²) in [4.78, 5) is 48.1. The van der Waals surface area contributed by atoms with Crippen molar-refractivity contribution < 1.29 is 48.0 Å². The molecule has 1 rings (SSSR count). The van der Waals surface area contributed by atoms with E-state index in [0.29, 0.717) is 13.0 Å². The minimum atomic E-state index is -1.36. The number of esters is 4. The maximum atomic E-state index is 12.5. The van der Waals surface area contributed by atoms with E-state index in [1.54, 1.807) is 20.8 Å². The number of hydrogen-bond donors (Lipinski definition) is 1. The van der Waals surface area contributed by atoms with Gasteiger partial charge in [-0.3, -0.25) is 9.59 Å². The standard InChI is InChI=1S/C21H34O10/c1-7-21(6,19(26)30-11-15-10-29-15)12-20(4,5)18(25)28-9-8-27-17(24)14(3)31-16(23)13(2)22/h13-15,22H,7-12H2,1-6H3. The predicted octanol–water partition coefficient (Wildman–Crippen LogP) is 1.16. The molecule has 1 heterocycles. The van der Waals surface area contributed by atoms with Crippen LogP contribution in [0.2, 0.25) is 0 Å². The van der Waals surface area contributed by atoms with Crippen molar-refractivity contribution in [3.63, 3.8) is 0 Å². The van der Waals surface area contributed by atoms with Gasteiger partial charge in [0.25, 0.3) is 0 Å². The summed E-state index contributed by atoms with van der Waals surface area (Å²) in [5.74, 6) is -2.71. The predicted molar refractivity (Wildman–Crippen MR) is 107 cm³/mol. The molecule has 0 aromatic carbocycles. The van der Waals surface area contributed by atoms with E-state index >= 15 is 0 Å². The van der Waals surface area contributed by atoms with Gasteiger partial charge in [-0.1, -0.05) is 6.92 Å². The highest BCUT2D eigenvalue weighted by molar-refractivity contribution is 5.81. The Hall–Kier alpha value is -2.20. The lowest BCUT2D eigenvalue weighted by Crippen LogP contribution is -2.39. The Morgan fingerprint density at radius 3 is 2.10 bits per heavy atom. The number of carbonyl (C=O) groups excluding carboxylic acids is 4. The number of carbonyl (C=O) groups is 4. The van der Waals surface area contributed by atoms with E-state index in [1.807, 2.05) is 6.92 Å². The van der Waals surface area contributed by atoms with Crippen molar-refractivity contribution in [3.05, 3.63) is 0 Å². The van der Waals surface area contributed by atoms with E-state index in [1.165, 1.54) is 13.8 Å². The van der Waals surface area contributed by atoms with Crippen molar-refractivity contribution in [2.45, 2.75) is 72.7 Å². The van der Waals surface area contributed by atoms with E-state index < -0.39 is 40.9 Å². The molecule has 10 heteroatoms. The summed E-state index contributed by atoms with van der Waals surface area (Å²) in [7, 11) is 0. The molecule has 0 spiro atoms. The van der Waals surface area contributed by atoms with E-state index in [9.17, 15) is 19.2 Å². The van der Waals surface area contributed by atoms with E-state index in [4.69, 9.17) is 28.8 Å². The van der Waals surface area contributed by atoms with E-state index in [-0.39, 0.29) is 38.3 Å². The van der Waals surface area contributed by atoms with Gasteiger partial charge in [-0.05, 0) is 47.5 Å². The van der Waals surface area contributed by atoms with Gasteiger partial charge < -0.3 is 28.8 Å². The molecule has 1 aliphatic rings. The summed E-state index contributed by atoms with van der Waals surface area (Å²) < 4.78 is 25.2. The van der Waals surface area contributed by atoms with E-state index in [0.717, 1.165) is 0 Å². The summed E-state index contributed by atoms with van der Waals surface area (Å²) in [5.41, 5.74) is -1.85. The third kappa shape index (κ3) is 8.82. The Morgan fingerprint density at radius 1 is 1.00 bits per heavy atom. The van der Waals surface area contributed by atoms with Crippen LogP contribution >= 0.6 is 0 Å². The van der Waals surface area contributed by atoms with Crippen LogP contribution in [0.25, 0.3) is 0 Å². The van der Waals surface area contributed by atoms with Crippen LogP contribution in [0.4, 0.5) is 0 Å². The number of rotatable bonds is 13. The van der Waals surface area contributed by atoms with Crippen LogP contribution in [0.15, 0.2) is 0 Å². The van der Waals surface area contributed by atoms with Gasteiger partial charge in [-0.15, -0.1) is 0 Å². The molecule has 1 aliphatic heterocycles. The molecule has 178 valence electrons. The Labute approximate surface area is 182 Å². The first-order valence-corrected chi connectivity index (χ1v) is 10.3. The second-order valence-electron chi connectivity index (χ2n) is 8.59. The molecule has 0 amide bonds. The van der Waals surface area contributed by atoms with Crippen LogP contribution in [-0.4, -0.2) is 73.7 Å². The normalized spacial score (nSPS) is 19.4. The number of aliphatic hydroxyl groups excluding tert-OH is 1. The molecule has 0 bridgehead atoms. The maximum Gasteiger partial charge on any atom is 0.347 e. The number of aliphatic hydroxyl groups is 1. The molecular formula is C21H34O10. The molecule has 4 unspecified atom stereocenters. The molecule has 0 saturated carbocycles. The zero-order valence-corrected chi connectivity index (χ0v) is 19.1. The molecule has 1 N–H and O–H groups in total. The molecule has 0 aromatic heterocycles. The summed E-state index contributed by atoms with van der Waals surface area (Å²) in [6.45, 7) is 9.81. The first kappa shape index (κ1) is 26.8. The largest absolute Gasteiger partial charge is 0.462 e. The molecule has 0 aliphatic carbocycles. The highest BCUT2D eigenvalue weighted by Gasteiger charge is 2.43. The fourth-order valence-corrected chi connectivity index (χ4v) is 2.81. The van der Waals surface area contributed by atoms with Crippen LogP contribution in [0.5, 0.6) is 0 Å². The Kier molecular flexibility index (Phi) is 9.89. The van der Waals surface area contributed by atoms with Gasteiger partial charge in [0.15, 0.2) is 6.10 Å². The Balaban J connectivity index is 2.45. The molecule has 0 radical (unpaired) electrons. The van der Waals surface area contributed by atoms with Gasteiger partial charge in [0.05, 0.1) is 17.4 Å². The van der Waals surface area contributed by atoms with Crippen molar-refractivity contribution >= 4 is 23.9 Å². The number of epoxide rings is 1. The first-order chi connectivity index (χ1) is 14.3. The average Bonchev–Trinajstić information content (AvgIpc) is 3.52. The third-order valence-corrected chi connectivity index (χ3v) is 4.99. The fourth-order valence-electron chi connectivity index (χ4n) is 2.81. The summed E-state index contributed by atoms with van der Waals surface area (Å²) >= 11 is 0. The quantitative estimate of drug-likeness (QED) is 0.190. The molecule has 1 fully saturated rings.